The standard InChI is InChI=1S/C16H16N6O2/c23-11-5-10(6-11)13-7-14(20-9-19-13)18-8-15-21-16(22-24-15)12-3-1-2-4-17-12/h1-4,7,9-11,23H,5-6,8H2,(H,18,19,20). The molecule has 3 heterocycles. The van der Waals surface area contributed by atoms with Crippen LogP contribution in [0.2, 0.25) is 0 Å². The van der Waals surface area contributed by atoms with Crippen LogP contribution in [-0.4, -0.2) is 36.3 Å². The summed E-state index contributed by atoms with van der Waals surface area (Å²) >= 11 is 0. The molecule has 8 heteroatoms. The van der Waals surface area contributed by atoms with Crippen LogP contribution in [0.4, 0.5) is 5.82 Å². The number of rotatable bonds is 5. The van der Waals surface area contributed by atoms with Crippen LogP contribution in [0, 0.1) is 0 Å². The highest BCUT2D eigenvalue weighted by atomic mass is 16.5. The van der Waals surface area contributed by atoms with E-state index in [1.165, 1.54) is 6.33 Å². The van der Waals surface area contributed by atoms with Gasteiger partial charge in [-0.2, -0.15) is 4.98 Å². The van der Waals surface area contributed by atoms with Crippen molar-refractivity contribution in [3.8, 4) is 11.5 Å². The first kappa shape index (κ1) is 14.7. The molecular weight excluding hydrogens is 308 g/mol. The fraction of sp³-hybridized carbons (Fsp3) is 0.312. The lowest BCUT2D eigenvalue weighted by Crippen LogP contribution is -2.27. The molecule has 0 unspecified atom stereocenters. The Labute approximate surface area is 138 Å². The molecule has 122 valence electrons. The second kappa shape index (κ2) is 6.32. The van der Waals surface area contributed by atoms with Gasteiger partial charge in [-0.05, 0) is 25.0 Å². The summed E-state index contributed by atoms with van der Waals surface area (Å²) in [4.78, 5) is 17.0. The SMILES string of the molecule is OC1CC(c2cc(NCc3nc(-c4ccccn4)no3)ncn2)C1. The van der Waals surface area contributed by atoms with E-state index in [2.05, 4.69) is 30.4 Å². The van der Waals surface area contributed by atoms with Gasteiger partial charge in [0.1, 0.15) is 17.8 Å². The molecule has 0 aliphatic heterocycles. The molecule has 0 radical (unpaired) electrons. The van der Waals surface area contributed by atoms with Gasteiger partial charge in [0.15, 0.2) is 0 Å². The minimum atomic E-state index is -0.204. The summed E-state index contributed by atoms with van der Waals surface area (Å²) in [5, 5.41) is 16.5. The summed E-state index contributed by atoms with van der Waals surface area (Å²) in [5.74, 6) is 1.91. The Hall–Kier alpha value is -2.87. The van der Waals surface area contributed by atoms with Gasteiger partial charge in [-0.15, -0.1) is 0 Å². The molecule has 1 aliphatic rings. The highest BCUT2D eigenvalue weighted by molar-refractivity contribution is 5.47. The van der Waals surface area contributed by atoms with Gasteiger partial charge in [0.05, 0.1) is 12.6 Å². The van der Waals surface area contributed by atoms with Crippen molar-refractivity contribution in [2.45, 2.75) is 31.4 Å². The Bertz CT molecular complexity index is 816. The third-order valence-electron chi connectivity index (χ3n) is 4.00. The van der Waals surface area contributed by atoms with E-state index in [4.69, 9.17) is 4.52 Å². The molecule has 8 nitrogen and oxygen atoms in total. The third kappa shape index (κ3) is 3.09. The van der Waals surface area contributed by atoms with E-state index in [-0.39, 0.29) is 6.10 Å². The largest absolute Gasteiger partial charge is 0.393 e. The molecular formula is C16H16N6O2. The van der Waals surface area contributed by atoms with Crippen molar-refractivity contribution in [1.82, 2.24) is 25.1 Å². The molecule has 2 N–H and O–H groups in total. The van der Waals surface area contributed by atoms with E-state index in [0.717, 1.165) is 18.5 Å². The normalized spacial score (nSPS) is 19.7. The summed E-state index contributed by atoms with van der Waals surface area (Å²) in [6.45, 7) is 0.365. The summed E-state index contributed by atoms with van der Waals surface area (Å²) in [6, 6.07) is 7.43. The Morgan fingerprint density at radius 3 is 2.92 bits per heavy atom. The van der Waals surface area contributed by atoms with Crippen molar-refractivity contribution in [3.05, 3.63) is 48.4 Å². The average molecular weight is 324 g/mol. The van der Waals surface area contributed by atoms with Crippen molar-refractivity contribution in [1.29, 1.82) is 0 Å². The van der Waals surface area contributed by atoms with Crippen LogP contribution in [0.15, 0.2) is 41.3 Å². The smallest absolute Gasteiger partial charge is 0.246 e. The lowest BCUT2D eigenvalue weighted by Gasteiger charge is -2.30. The minimum Gasteiger partial charge on any atom is -0.393 e. The minimum absolute atomic E-state index is 0.204. The third-order valence-corrected chi connectivity index (χ3v) is 4.00. The highest BCUT2D eigenvalue weighted by Crippen LogP contribution is 2.35. The molecule has 0 bridgehead atoms. The Balaban J connectivity index is 1.40. The highest BCUT2D eigenvalue weighted by Gasteiger charge is 2.29. The van der Waals surface area contributed by atoms with Crippen LogP contribution in [0.5, 0.6) is 0 Å². The zero-order valence-corrected chi connectivity index (χ0v) is 12.8. The van der Waals surface area contributed by atoms with Crippen LogP contribution in [0.25, 0.3) is 11.5 Å². The molecule has 1 fully saturated rings. The maximum atomic E-state index is 9.41. The molecule has 0 saturated heterocycles. The maximum Gasteiger partial charge on any atom is 0.246 e. The number of hydrogen-bond donors (Lipinski definition) is 2. The van der Waals surface area contributed by atoms with Crippen LogP contribution < -0.4 is 5.32 Å². The lowest BCUT2D eigenvalue weighted by molar-refractivity contribution is 0.0732. The number of hydrogen-bond acceptors (Lipinski definition) is 8. The van der Waals surface area contributed by atoms with E-state index >= 15 is 0 Å². The predicted molar refractivity (Wildman–Crippen MR) is 84.9 cm³/mol. The summed E-state index contributed by atoms with van der Waals surface area (Å²) in [6.07, 6.45) is 4.52. The number of nitrogens with one attached hydrogen (secondary N) is 1. The van der Waals surface area contributed by atoms with E-state index in [1.807, 2.05) is 24.3 Å². The quantitative estimate of drug-likeness (QED) is 0.730. The second-order valence-electron chi connectivity index (χ2n) is 5.73. The first-order valence-electron chi connectivity index (χ1n) is 7.76. The predicted octanol–water partition coefficient (Wildman–Crippen LogP) is 1.77. The topological polar surface area (TPSA) is 110 Å². The van der Waals surface area contributed by atoms with Crippen molar-refractivity contribution in [3.63, 3.8) is 0 Å². The number of nitrogens with zero attached hydrogens (tertiary/aromatic N) is 5. The average Bonchev–Trinajstić information content (AvgIpc) is 3.07. The zero-order valence-electron chi connectivity index (χ0n) is 12.8. The molecule has 0 atom stereocenters. The number of pyridine rings is 1. The fourth-order valence-electron chi connectivity index (χ4n) is 2.61. The maximum absolute atomic E-state index is 9.41. The summed E-state index contributed by atoms with van der Waals surface area (Å²) < 4.78 is 5.22. The molecule has 1 aliphatic carbocycles. The molecule has 24 heavy (non-hydrogen) atoms. The van der Waals surface area contributed by atoms with Gasteiger partial charge >= 0.3 is 0 Å². The van der Waals surface area contributed by atoms with Gasteiger partial charge in [-0.25, -0.2) is 9.97 Å². The van der Waals surface area contributed by atoms with Gasteiger partial charge in [-0.3, -0.25) is 4.98 Å². The summed E-state index contributed by atoms with van der Waals surface area (Å²) in [5.41, 5.74) is 1.61. The zero-order chi connectivity index (χ0) is 16.4. The van der Waals surface area contributed by atoms with Crippen molar-refractivity contribution in [2.75, 3.05) is 5.32 Å². The fourth-order valence-corrected chi connectivity index (χ4v) is 2.61. The van der Waals surface area contributed by atoms with Crippen LogP contribution in [0.3, 0.4) is 0 Å². The number of aliphatic hydroxyl groups excluding tert-OH is 1. The molecule has 3 aromatic heterocycles. The van der Waals surface area contributed by atoms with Crippen molar-refractivity contribution in [2.24, 2.45) is 0 Å². The molecule has 0 spiro atoms. The van der Waals surface area contributed by atoms with E-state index in [0.29, 0.717) is 35.7 Å². The van der Waals surface area contributed by atoms with Gasteiger partial charge in [-0.1, -0.05) is 11.2 Å². The van der Waals surface area contributed by atoms with Gasteiger partial charge in [0.25, 0.3) is 0 Å². The first-order chi connectivity index (χ1) is 11.8. The lowest BCUT2D eigenvalue weighted by atomic mass is 9.80. The molecule has 3 aromatic rings. The van der Waals surface area contributed by atoms with Crippen LogP contribution in [0.1, 0.15) is 30.3 Å². The van der Waals surface area contributed by atoms with E-state index in [1.54, 1.807) is 6.20 Å². The van der Waals surface area contributed by atoms with E-state index < -0.39 is 0 Å². The van der Waals surface area contributed by atoms with Crippen molar-refractivity contribution < 1.29 is 9.63 Å². The number of aromatic nitrogens is 5. The molecule has 4 rings (SSSR count). The summed E-state index contributed by atoms with van der Waals surface area (Å²) in [7, 11) is 0. The van der Waals surface area contributed by atoms with Crippen LogP contribution >= 0.6 is 0 Å². The van der Waals surface area contributed by atoms with Crippen LogP contribution in [-0.2, 0) is 6.54 Å². The second-order valence-corrected chi connectivity index (χ2v) is 5.73. The molecule has 1 saturated carbocycles. The van der Waals surface area contributed by atoms with Gasteiger partial charge in [0, 0.05) is 23.9 Å². The monoisotopic (exact) mass is 324 g/mol. The van der Waals surface area contributed by atoms with Gasteiger partial charge < -0.3 is 14.9 Å². The molecule has 0 amide bonds. The molecule has 0 aromatic carbocycles. The Morgan fingerprint density at radius 2 is 2.12 bits per heavy atom. The Kier molecular flexibility index (Phi) is 3.87. The Morgan fingerprint density at radius 1 is 1.21 bits per heavy atom. The first-order valence-corrected chi connectivity index (χ1v) is 7.76. The van der Waals surface area contributed by atoms with Gasteiger partial charge in [0.2, 0.25) is 11.7 Å². The number of anilines is 1. The number of aliphatic hydroxyl groups is 1. The van der Waals surface area contributed by atoms with Crippen molar-refractivity contribution >= 4 is 5.82 Å². The van der Waals surface area contributed by atoms with E-state index in [9.17, 15) is 5.11 Å².